The van der Waals surface area contributed by atoms with Gasteiger partial charge in [0.25, 0.3) is 0 Å². The molecule has 1 fully saturated rings. The molecule has 2 rings (SSSR count). The van der Waals surface area contributed by atoms with Crippen molar-refractivity contribution >= 4 is 17.8 Å². The number of hydrazine groups is 1. The summed E-state index contributed by atoms with van der Waals surface area (Å²) < 4.78 is 0. The molecule has 1 heterocycles. The lowest BCUT2D eigenvalue weighted by Crippen LogP contribution is -2.42. The summed E-state index contributed by atoms with van der Waals surface area (Å²) in [5, 5.41) is 1.77. The molecule has 0 aromatic heterocycles. The maximum atomic E-state index is 11.4. The predicted octanol–water partition coefficient (Wildman–Crippen LogP) is 0.846. The van der Waals surface area contributed by atoms with E-state index in [9.17, 15) is 9.59 Å². The van der Waals surface area contributed by atoms with Crippen LogP contribution in [-0.2, 0) is 9.59 Å². The SMILES string of the molecule is Cc1ccc(N2NCCC2C(=O)C=O)cc1. The van der Waals surface area contributed by atoms with Crippen molar-refractivity contribution in [3.8, 4) is 0 Å². The summed E-state index contributed by atoms with van der Waals surface area (Å²) in [4.78, 5) is 21.9. The number of nitrogens with one attached hydrogen (secondary N) is 1. The number of nitrogens with zero attached hydrogens (tertiary/aromatic N) is 1. The quantitative estimate of drug-likeness (QED) is 0.603. The van der Waals surface area contributed by atoms with Gasteiger partial charge in [-0.15, -0.1) is 0 Å². The van der Waals surface area contributed by atoms with Crippen molar-refractivity contribution in [2.24, 2.45) is 0 Å². The molecule has 0 radical (unpaired) electrons. The first-order valence-electron chi connectivity index (χ1n) is 5.31. The minimum atomic E-state index is -0.370. The van der Waals surface area contributed by atoms with Gasteiger partial charge in [-0.1, -0.05) is 17.7 Å². The van der Waals surface area contributed by atoms with Gasteiger partial charge in [-0.2, -0.15) is 0 Å². The van der Waals surface area contributed by atoms with Crippen LogP contribution in [0.25, 0.3) is 0 Å². The summed E-state index contributed by atoms with van der Waals surface area (Å²) in [6.07, 6.45) is 1.07. The van der Waals surface area contributed by atoms with Gasteiger partial charge in [0.15, 0.2) is 6.29 Å². The van der Waals surface area contributed by atoms with E-state index in [2.05, 4.69) is 5.43 Å². The number of rotatable bonds is 3. The van der Waals surface area contributed by atoms with Gasteiger partial charge in [0.05, 0.1) is 5.69 Å². The predicted molar refractivity (Wildman–Crippen MR) is 61.1 cm³/mol. The average molecular weight is 218 g/mol. The van der Waals surface area contributed by atoms with Crippen molar-refractivity contribution in [3.63, 3.8) is 0 Å². The lowest BCUT2D eigenvalue weighted by molar-refractivity contribution is -0.130. The van der Waals surface area contributed by atoms with Crippen molar-refractivity contribution in [3.05, 3.63) is 29.8 Å². The van der Waals surface area contributed by atoms with Gasteiger partial charge in [-0.3, -0.25) is 14.6 Å². The van der Waals surface area contributed by atoms with Gasteiger partial charge >= 0.3 is 0 Å². The van der Waals surface area contributed by atoms with E-state index < -0.39 is 0 Å². The van der Waals surface area contributed by atoms with E-state index in [0.717, 1.165) is 12.2 Å². The van der Waals surface area contributed by atoms with E-state index in [1.54, 1.807) is 5.01 Å². The summed E-state index contributed by atoms with van der Waals surface area (Å²) in [7, 11) is 0. The third-order valence-corrected chi connectivity index (χ3v) is 2.77. The minimum absolute atomic E-state index is 0.361. The van der Waals surface area contributed by atoms with Gasteiger partial charge in [-0.25, -0.2) is 5.43 Å². The highest BCUT2D eigenvalue weighted by molar-refractivity contribution is 6.28. The van der Waals surface area contributed by atoms with Crippen molar-refractivity contribution < 1.29 is 9.59 Å². The zero-order chi connectivity index (χ0) is 11.5. The molecule has 1 atom stereocenters. The van der Waals surface area contributed by atoms with Gasteiger partial charge < -0.3 is 0 Å². The summed E-state index contributed by atoms with van der Waals surface area (Å²) in [5.74, 6) is -0.370. The molecule has 1 aliphatic rings. The zero-order valence-corrected chi connectivity index (χ0v) is 9.14. The molecular weight excluding hydrogens is 204 g/mol. The van der Waals surface area contributed by atoms with Gasteiger partial charge in [0.1, 0.15) is 6.04 Å². The molecule has 4 nitrogen and oxygen atoms in total. The summed E-state index contributed by atoms with van der Waals surface area (Å²) in [6, 6.07) is 7.49. The van der Waals surface area contributed by atoms with Crippen LogP contribution in [0.3, 0.4) is 0 Å². The lowest BCUT2D eigenvalue weighted by Gasteiger charge is -2.23. The molecule has 0 spiro atoms. The number of hydrogen-bond donors (Lipinski definition) is 1. The minimum Gasteiger partial charge on any atom is -0.297 e. The Morgan fingerprint density at radius 1 is 1.44 bits per heavy atom. The van der Waals surface area contributed by atoms with Crippen molar-refractivity contribution in [1.29, 1.82) is 0 Å². The van der Waals surface area contributed by atoms with Crippen LogP contribution in [0, 0.1) is 6.92 Å². The highest BCUT2D eigenvalue weighted by Gasteiger charge is 2.30. The molecule has 1 unspecified atom stereocenters. The number of hydrogen-bond acceptors (Lipinski definition) is 4. The summed E-state index contributed by atoms with van der Waals surface area (Å²) >= 11 is 0. The molecule has 1 aromatic carbocycles. The van der Waals surface area contributed by atoms with Gasteiger partial charge in [-0.05, 0) is 25.5 Å². The number of anilines is 1. The Bertz CT molecular complexity index is 400. The Morgan fingerprint density at radius 3 is 2.75 bits per heavy atom. The topological polar surface area (TPSA) is 49.4 Å². The monoisotopic (exact) mass is 218 g/mol. The molecule has 0 aliphatic carbocycles. The van der Waals surface area contributed by atoms with E-state index in [1.807, 2.05) is 31.2 Å². The van der Waals surface area contributed by atoms with E-state index in [4.69, 9.17) is 0 Å². The number of carbonyl (C=O) groups is 2. The van der Waals surface area contributed by atoms with Gasteiger partial charge in [0, 0.05) is 6.54 Å². The van der Waals surface area contributed by atoms with E-state index in [0.29, 0.717) is 12.7 Å². The van der Waals surface area contributed by atoms with E-state index in [1.165, 1.54) is 5.56 Å². The standard InChI is InChI=1S/C12H14N2O2/c1-9-2-4-10(5-3-9)14-11(6-7-13-14)12(16)8-15/h2-5,8,11,13H,6-7H2,1H3. The largest absolute Gasteiger partial charge is 0.297 e. The van der Waals surface area contributed by atoms with Crippen molar-refractivity contribution in [2.45, 2.75) is 19.4 Å². The maximum absolute atomic E-state index is 11.4. The number of carbonyl (C=O) groups excluding carboxylic acids is 2. The first-order valence-corrected chi connectivity index (χ1v) is 5.31. The van der Waals surface area contributed by atoms with E-state index in [-0.39, 0.29) is 11.8 Å². The zero-order valence-electron chi connectivity index (χ0n) is 9.14. The Balaban J connectivity index is 2.22. The lowest BCUT2D eigenvalue weighted by atomic mass is 10.1. The first-order chi connectivity index (χ1) is 7.72. The fourth-order valence-electron chi connectivity index (χ4n) is 1.89. The molecule has 1 aliphatic heterocycles. The Morgan fingerprint density at radius 2 is 2.12 bits per heavy atom. The van der Waals surface area contributed by atoms with Crippen LogP contribution >= 0.6 is 0 Å². The molecular formula is C12H14N2O2. The average Bonchev–Trinajstić information content (AvgIpc) is 2.78. The first kappa shape index (κ1) is 10.8. The van der Waals surface area contributed by atoms with E-state index >= 15 is 0 Å². The van der Waals surface area contributed by atoms with Crippen LogP contribution in [0.15, 0.2) is 24.3 Å². The molecule has 1 N–H and O–H groups in total. The Kier molecular flexibility index (Phi) is 3.01. The van der Waals surface area contributed by atoms with Crippen LogP contribution in [0.2, 0.25) is 0 Å². The van der Waals surface area contributed by atoms with Crippen LogP contribution in [0.4, 0.5) is 5.69 Å². The molecule has 1 aromatic rings. The summed E-state index contributed by atoms with van der Waals surface area (Å²) in [5.41, 5.74) is 5.20. The Hall–Kier alpha value is -1.68. The molecule has 0 saturated carbocycles. The highest BCUT2D eigenvalue weighted by atomic mass is 16.2. The molecule has 0 amide bonds. The number of ketones is 1. The second-order valence-electron chi connectivity index (χ2n) is 3.94. The second kappa shape index (κ2) is 4.45. The highest BCUT2D eigenvalue weighted by Crippen LogP contribution is 2.20. The number of Topliss-reactive ketones (excluding diaryl/α,β-unsaturated/α-hetero) is 1. The smallest absolute Gasteiger partial charge is 0.219 e. The third kappa shape index (κ3) is 1.97. The third-order valence-electron chi connectivity index (χ3n) is 2.77. The number of aryl methyl sites for hydroxylation is 1. The molecule has 16 heavy (non-hydrogen) atoms. The van der Waals surface area contributed by atoms with Gasteiger partial charge in [0.2, 0.25) is 5.78 Å². The molecule has 0 bridgehead atoms. The Labute approximate surface area is 94.2 Å². The number of aldehydes is 1. The fraction of sp³-hybridized carbons (Fsp3) is 0.333. The molecule has 84 valence electrons. The van der Waals surface area contributed by atoms with Crippen molar-refractivity contribution in [2.75, 3.05) is 11.6 Å². The fourth-order valence-corrected chi connectivity index (χ4v) is 1.89. The van der Waals surface area contributed by atoms with Crippen LogP contribution in [-0.4, -0.2) is 24.7 Å². The molecule has 4 heteroatoms. The maximum Gasteiger partial charge on any atom is 0.219 e. The van der Waals surface area contributed by atoms with Crippen molar-refractivity contribution in [1.82, 2.24) is 5.43 Å². The molecule has 1 saturated heterocycles. The number of benzene rings is 1. The second-order valence-corrected chi connectivity index (χ2v) is 3.94. The normalized spacial score (nSPS) is 19.8. The summed E-state index contributed by atoms with van der Waals surface area (Å²) in [6.45, 7) is 2.73. The van der Waals surface area contributed by atoms with Crippen LogP contribution in [0.5, 0.6) is 0 Å². The van der Waals surface area contributed by atoms with Crippen LogP contribution in [0.1, 0.15) is 12.0 Å². The van der Waals surface area contributed by atoms with Crippen LogP contribution < -0.4 is 10.4 Å².